The molecule has 0 amide bonds. The van der Waals surface area contributed by atoms with Crippen molar-refractivity contribution < 1.29 is 4.74 Å². The maximum absolute atomic E-state index is 5.30. The molecular formula is C9H13O. The molecule has 0 atom stereocenters. The quantitative estimate of drug-likeness (QED) is 0.495. The van der Waals surface area contributed by atoms with Crippen LogP contribution in [0.4, 0.5) is 0 Å². The molecule has 1 nitrogen and oxygen atoms in total. The lowest BCUT2D eigenvalue weighted by Gasteiger charge is -2.30. The van der Waals surface area contributed by atoms with E-state index < -0.39 is 0 Å². The van der Waals surface area contributed by atoms with Crippen LogP contribution in [-0.4, -0.2) is 13.2 Å². The van der Waals surface area contributed by atoms with Gasteiger partial charge < -0.3 is 4.74 Å². The van der Waals surface area contributed by atoms with E-state index in [4.69, 9.17) is 4.74 Å². The highest BCUT2D eigenvalue weighted by Crippen LogP contribution is 2.39. The summed E-state index contributed by atoms with van der Waals surface area (Å²) in [6, 6.07) is 0. The highest BCUT2D eigenvalue weighted by molar-refractivity contribution is 5.01. The third-order valence-electron chi connectivity index (χ3n) is 2.63. The molecule has 0 unspecified atom stereocenters. The van der Waals surface area contributed by atoms with E-state index in [1.54, 1.807) is 0 Å². The molecular weight excluding hydrogens is 124 g/mol. The zero-order chi connectivity index (χ0) is 6.86. The summed E-state index contributed by atoms with van der Waals surface area (Å²) >= 11 is 0. The summed E-state index contributed by atoms with van der Waals surface area (Å²) in [7, 11) is 0. The van der Waals surface area contributed by atoms with Crippen molar-refractivity contribution in [2.24, 2.45) is 5.41 Å². The molecule has 0 aromatic carbocycles. The standard InChI is InChI=1S/C9H13O/c1-2-4-9(3-1)5-7-10-8-6-9/h1H,2,4-8H2. The van der Waals surface area contributed by atoms with Crippen LogP contribution in [0, 0.1) is 11.5 Å². The fourth-order valence-corrected chi connectivity index (χ4v) is 1.87. The fraction of sp³-hybridized carbons (Fsp3) is 0.778. The molecule has 0 aromatic rings. The SMILES string of the molecule is [C]1=CCCC12CCOCC2. The summed E-state index contributed by atoms with van der Waals surface area (Å²) in [6.07, 6.45) is 10.6. The number of ether oxygens (including phenoxy) is 1. The normalized spacial score (nSPS) is 29.6. The summed E-state index contributed by atoms with van der Waals surface area (Å²) < 4.78 is 5.30. The number of rotatable bonds is 0. The minimum absolute atomic E-state index is 0.443. The van der Waals surface area contributed by atoms with E-state index in [1.165, 1.54) is 25.7 Å². The minimum atomic E-state index is 0.443. The Kier molecular flexibility index (Phi) is 1.53. The van der Waals surface area contributed by atoms with Gasteiger partial charge in [0.2, 0.25) is 0 Å². The van der Waals surface area contributed by atoms with Gasteiger partial charge in [0.1, 0.15) is 0 Å². The smallest absolute Gasteiger partial charge is 0.0474 e. The Morgan fingerprint density at radius 2 is 2.00 bits per heavy atom. The molecule has 1 saturated heterocycles. The van der Waals surface area contributed by atoms with Gasteiger partial charge in [0.25, 0.3) is 0 Å². The molecule has 0 N–H and O–H groups in total. The van der Waals surface area contributed by atoms with Gasteiger partial charge in [-0.2, -0.15) is 0 Å². The van der Waals surface area contributed by atoms with E-state index >= 15 is 0 Å². The number of hydrogen-bond donors (Lipinski definition) is 0. The predicted molar refractivity (Wildman–Crippen MR) is 39.5 cm³/mol. The summed E-state index contributed by atoms with van der Waals surface area (Å²) in [5.74, 6) is 0. The summed E-state index contributed by atoms with van der Waals surface area (Å²) in [6.45, 7) is 1.89. The largest absolute Gasteiger partial charge is 0.381 e. The van der Waals surface area contributed by atoms with Crippen molar-refractivity contribution in [3.05, 3.63) is 12.2 Å². The van der Waals surface area contributed by atoms with Crippen LogP contribution in [0.15, 0.2) is 6.08 Å². The lowest BCUT2D eigenvalue weighted by Crippen LogP contribution is -2.25. The maximum Gasteiger partial charge on any atom is 0.0474 e. The topological polar surface area (TPSA) is 9.23 Å². The van der Waals surface area contributed by atoms with Crippen LogP contribution < -0.4 is 0 Å². The molecule has 1 aliphatic carbocycles. The Hall–Kier alpha value is -0.300. The summed E-state index contributed by atoms with van der Waals surface area (Å²) in [5, 5.41) is 0. The van der Waals surface area contributed by atoms with Gasteiger partial charge in [-0.05, 0) is 37.2 Å². The molecule has 0 saturated carbocycles. The first-order chi connectivity index (χ1) is 4.91. The van der Waals surface area contributed by atoms with E-state index in [-0.39, 0.29) is 0 Å². The molecule has 1 radical (unpaired) electrons. The van der Waals surface area contributed by atoms with Crippen LogP contribution in [0.5, 0.6) is 0 Å². The third kappa shape index (κ3) is 0.988. The zero-order valence-electron chi connectivity index (χ0n) is 6.23. The molecule has 1 heteroatoms. The first kappa shape index (κ1) is 6.41. The van der Waals surface area contributed by atoms with Gasteiger partial charge in [-0.25, -0.2) is 0 Å². The second-order valence-electron chi connectivity index (χ2n) is 3.28. The van der Waals surface area contributed by atoms with Crippen LogP contribution in [0.25, 0.3) is 0 Å². The van der Waals surface area contributed by atoms with Crippen LogP contribution >= 0.6 is 0 Å². The van der Waals surface area contributed by atoms with Crippen molar-refractivity contribution in [1.29, 1.82) is 0 Å². The van der Waals surface area contributed by atoms with Crippen LogP contribution in [0.2, 0.25) is 0 Å². The summed E-state index contributed by atoms with van der Waals surface area (Å²) in [4.78, 5) is 0. The number of hydrogen-bond acceptors (Lipinski definition) is 1. The van der Waals surface area contributed by atoms with E-state index in [0.717, 1.165) is 13.2 Å². The Balaban J connectivity index is 2.05. The molecule has 0 aromatic heterocycles. The van der Waals surface area contributed by atoms with Gasteiger partial charge in [0, 0.05) is 13.2 Å². The molecule has 1 aliphatic heterocycles. The summed E-state index contributed by atoms with van der Waals surface area (Å²) in [5.41, 5.74) is 0.443. The Bertz CT molecular complexity index is 143. The minimum Gasteiger partial charge on any atom is -0.381 e. The molecule has 2 aliphatic rings. The molecule has 1 spiro atoms. The second kappa shape index (κ2) is 2.39. The Morgan fingerprint density at radius 1 is 1.20 bits per heavy atom. The van der Waals surface area contributed by atoms with Crippen molar-refractivity contribution in [2.45, 2.75) is 25.7 Å². The fourth-order valence-electron chi connectivity index (χ4n) is 1.87. The molecule has 1 heterocycles. The monoisotopic (exact) mass is 137 g/mol. The van der Waals surface area contributed by atoms with Crippen molar-refractivity contribution in [2.75, 3.05) is 13.2 Å². The second-order valence-corrected chi connectivity index (χ2v) is 3.28. The van der Waals surface area contributed by atoms with Gasteiger partial charge in [0.15, 0.2) is 0 Å². The average Bonchev–Trinajstić information content (AvgIpc) is 2.39. The van der Waals surface area contributed by atoms with Crippen molar-refractivity contribution in [3.63, 3.8) is 0 Å². The molecule has 1 fully saturated rings. The predicted octanol–water partition coefficient (Wildman–Crippen LogP) is 1.94. The zero-order valence-corrected chi connectivity index (χ0v) is 6.23. The number of allylic oxidation sites excluding steroid dienone is 2. The highest BCUT2D eigenvalue weighted by Gasteiger charge is 2.31. The first-order valence-corrected chi connectivity index (χ1v) is 4.08. The Morgan fingerprint density at radius 3 is 2.60 bits per heavy atom. The van der Waals surface area contributed by atoms with Crippen LogP contribution in [0.3, 0.4) is 0 Å². The van der Waals surface area contributed by atoms with Gasteiger partial charge in [0.05, 0.1) is 0 Å². The Labute approximate surface area is 62.1 Å². The van der Waals surface area contributed by atoms with Gasteiger partial charge in [-0.1, -0.05) is 6.08 Å². The van der Waals surface area contributed by atoms with E-state index in [1.807, 2.05) is 0 Å². The van der Waals surface area contributed by atoms with Gasteiger partial charge >= 0.3 is 0 Å². The lowest BCUT2D eigenvalue weighted by atomic mass is 9.80. The van der Waals surface area contributed by atoms with Gasteiger partial charge in [-0.3, -0.25) is 0 Å². The van der Waals surface area contributed by atoms with Crippen LogP contribution in [-0.2, 0) is 4.74 Å². The van der Waals surface area contributed by atoms with E-state index in [2.05, 4.69) is 12.2 Å². The molecule has 10 heavy (non-hydrogen) atoms. The van der Waals surface area contributed by atoms with Crippen molar-refractivity contribution in [3.8, 4) is 0 Å². The molecule has 2 rings (SSSR count). The van der Waals surface area contributed by atoms with E-state index in [9.17, 15) is 0 Å². The van der Waals surface area contributed by atoms with Gasteiger partial charge in [-0.15, -0.1) is 0 Å². The maximum atomic E-state index is 5.30. The van der Waals surface area contributed by atoms with E-state index in [0.29, 0.717) is 5.41 Å². The highest BCUT2D eigenvalue weighted by atomic mass is 16.5. The molecule has 0 bridgehead atoms. The lowest BCUT2D eigenvalue weighted by molar-refractivity contribution is 0.0344. The third-order valence-corrected chi connectivity index (χ3v) is 2.63. The van der Waals surface area contributed by atoms with Crippen LogP contribution in [0.1, 0.15) is 25.7 Å². The van der Waals surface area contributed by atoms with Crippen molar-refractivity contribution in [1.82, 2.24) is 0 Å². The first-order valence-electron chi connectivity index (χ1n) is 4.08. The average molecular weight is 137 g/mol. The van der Waals surface area contributed by atoms with Crippen molar-refractivity contribution >= 4 is 0 Å². The molecule has 55 valence electrons.